The number of aryl methyl sites for hydroxylation is 1. The van der Waals surface area contributed by atoms with Crippen LogP contribution < -0.4 is 0 Å². The molecule has 7 nitrogen and oxygen atoms in total. The summed E-state index contributed by atoms with van der Waals surface area (Å²) in [5, 5.41) is 13.8. The van der Waals surface area contributed by atoms with Gasteiger partial charge in [0.2, 0.25) is 5.89 Å². The minimum absolute atomic E-state index is 0.195. The summed E-state index contributed by atoms with van der Waals surface area (Å²) in [6.07, 6.45) is 6.36. The molecule has 1 aromatic rings. The fourth-order valence-corrected chi connectivity index (χ4v) is 4.95. The minimum Gasteiger partial charge on any atom is -0.481 e. The lowest BCUT2D eigenvalue weighted by atomic mass is 9.81. The first kappa shape index (κ1) is 16.0. The molecule has 2 aliphatic heterocycles. The lowest BCUT2D eigenvalue weighted by Crippen LogP contribution is -2.43. The fraction of sp³-hybridized carbons (Fsp3) is 0.824. The van der Waals surface area contributed by atoms with Crippen LogP contribution >= 0.6 is 0 Å². The van der Waals surface area contributed by atoms with Crippen LogP contribution in [0.25, 0.3) is 0 Å². The van der Waals surface area contributed by atoms with Gasteiger partial charge in [-0.3, -0.25) is 14.6 Å². The fourth-order valence-electron chi connectivity index (χ4n) is 4.95. The van der Waals surface area contributed by atoms with E-state index in [1.165, 1.54) is 32.1 Å². The third-order valence-corrected chi connectivity index (χ3v) is 6.15. The number of nitrogens with zero attached hydrogens (tertiary/aromatic N) is 4. The van der Waals surface area contributed by atoms with Crippen LogP contribution in [0.1, 0.15) is 43.8 Å². The number of carbonyl (C=O) groups is 1. The molecule has 1 aliphatic carbocycles. The van der Waals surface area contributed by atoms with Crippen molar-refractivity contribution in [3.05, 3.63) is 11.7 Å². The van der Waals surface area contributed by atoms with E-state index >= 15 is 0 Å². The molecule has 0 aromatic carbocycles. The number of likely N-dealkylation sites (tertiary alicyclic amines) is 2. The second-order valence-electron chi connectivity index (χ2n) is 7.78. The van der Waals surface area contributed by atoms with Crippen LogP contribution in [0.2, 0.25) is 0 Å². The van der Waals surface area contributed by atoms with E-state index in [0.717, 1.165) is 13.1 Å². The van der Waals surface area contributed by atoms with Crippen LogP contribution in [0, 0.1) is 18.3 Å². The van der Waals surface area contributed by atoms with Crippen LogP contribution in [-0.2, 0) is 11.3 Å². The average molecular weight is 334 g/mol. The highest BCUT2D eigenvalue weighted by Crippen LogP contribution is 2.45. The minimum atomic E-state index is -0.644. The maximum Gasteiger partial charge on any atom is 0.312 e. The number of rotatable bonds is 4. The topological polar surface area (TPSA) is 82.7 Å². The molecule has 2 atom stereocenters. The van der Waals surface area contributed by atoms with Crippen molar-refractivity contribution in [2.75, 3.05) is 26.2 Å². The third kappa shape index (κ3) is 2.73. The Labute approximate surface area is 142 Å². The first-order chi connectivity index (χ1) is 11.6. The van der Waals surface area contributed by atoms with Gasteiger partial charge in [-0.25, -0.2) is 0 Å². The Bertz CT molecular complexity index is 613. The highest BCUT2D eigenvalue weighted by Gasteiger charge is 2.58. The quantitative estimate of drug-likeness (QED) is 0.894. The Kier molecular flexibility index (Phi) is 4.08. The molecule has 0 unspecified atom stereocenters. The van der Waals surface area contributed by atoms with Gasteiger partial charge in [0.05, 0.1) is 12.0 Å². The molecule has 1 aromatic heterocycles. The molecule has 132 valence electrons. The number of hydrogen-bond donors (Lipinski definition) is 1. The molecular weight excluding hydrogens is 308 g/mol. The number of carboxylic acid groups (broad SMARTS) is 1. The zero-order valence-corrected chi connectivity index (χ0v) is 14.3. The largest absolute Gasteiger partial charge is 0.481 e. The first-order valence-corrected chi connectivity index (χ1v) is 9.06. The number of aromatic nitrogens is 2. The number of fused-ring (bicyclic) bond motifs is 1. The maximum absolute atomic E-state index is 12.1. The Balaban J connectivity index is 1.45. The number of carboxylic acids is 1. The average Bonchev–Trinajstić information content (AvgIpc) is 3.21. The van der Waals surface area contributed by atoms with Gasteiger partial charge in [0.25, 0.3) is 0 Å². The van der Waals surface area contributed by atoms with Crippen molar-refractivity contribution < 1.29 is 14.4 Å². The van der Waals surface area contributed by atoms with Gasteiger partial charge in [-0.05, 0) is 19.8 Å². The van der Waals surface area contributed by atoms with Gasteiger partial charge >= 0.3 is 5.97 Å². The standard InChI is InChI=1S/C17H26N4O3/c1-12-18-15(24-19-12)9-20-7-13-8-21(14-5-3-2-4-6-14)11-17(13,10-20)16(22)23/h13-14H,2-11H2,1H3,(H,22,23)/t13-,17-/m0/s1. The summed E-state index contributed by atoms with van der Waals surface area (Å²) < 4.78 is 5.20. The third-order valence-electron chi connectivity index (χ3n) is 6.15. The zero-order valence-electron chi connectivity index (χ0n) is 14.3. The van der Waals surface area contributed by atoms with Gasteiger partial charge in [-0.2, -0.15) is 4.98 Å². The predicted molar refractivity (Wildman–Crippen MR) is 86.3 cm³/mol. The molecule has 7 heteroatoms. The highest BCUT2D eigenvalue weighted by molar-refractivity contribution is 5.77. The zero-order chi connectivity index (χ0) is 16.7. The molecule has 4 rings (SSSR count). The van der Waals surface area contributed by atoms with Gasteiger partial charge < -0.3 is 9.63 Å². The maximum atomic E-state index is 12.1. The van der Waals surface area contributed by atoms with E-state index < -0.39 is 11.4 Å². The van der Waals surface area contributed by atoms with Gasteiger partial charge in [-0.15, -0.1) is 0 Å². The van der Waals surface area contributed by atoms with E-state index in [2.05, 4.69) is 19.9 Å². The SMILES string of the molecule is Cc1noc(CN2C[C@H]3CN(C4CCCCC4)C[C@@]3(C(=O)O)C2)n1. The van der Waals surface area contributed by atoms with Crippen LogP contribution in [-0.4, -0.2) is 63.2 Å². The predicted octanol–water partition coefficient (Wildman–Crippen LogP) is 1.53. The van der Waals surface area contributed by atoms with E-state index in [4.69, 9.17) is 4.52 Å². The summed E-state index contributed by atoms with van der Waals surface area (Å²) in [6.45, 7) is 5.34. The second-order valence-corrected chi connectivity index (χ2v) is 7.78. The molecule has 0 spiro atoms. The van der Waals surface area contributed by atoms with E-state index in [-0.39, 0.29) is 5.92 Å². The summed E-state index contributed by atoms with van der Waals surface area (Å²) in [7, 11) is 0. The van der Waals surface area contributed by atoms with Gasteiger partial charge in [0.1, 0.15) is 0 Å². The molecule has 3 fully saturated rings. The van der Waals surface area contributed by atoms with Crippen LogP contribution in [0.15, 0.2) is 4.52 Å². The van der Waals surface area contributed by atoms with E-state index in [9.17, 15) is 9.90 Å². The van der Waals surface area contributed by atoms with Crippen molar-refractivity contribution in [2.24, 2.45) is 11.3 Å². The second kappa shape index (κ2) is 6.11. The number of hydrogen-bond acceptors (Lipinski definition) is 6. The summed E-state index contributed by atoms with van der Waals surface area (Å²) >= 11 is 0. The van der Waals surface area contributed by atoms with Crippen molar-refractivity contribution in [1.82, 2.24) is 19.9 Å². The van der Waals surface area contributed by atoms with Crippen LogP contribution in [0.4, 0.5) is 0 Å². The van der Waals surface area contributed by atoms with E-state index in [0.29, 0.717) is 37.4 Å². The molecule has 0 bridgehead atoms. The van der Waals surface area contributed by atoms with Crippen molar-refractivity contribution >= 4 is 5.97 Å². The Morgan fingerprint density at radius 2 is 2.08 bits per heavy atom. The van der Waals surface area contributed by atoms with Crippen LogP contribution in [0.3, 0.4) is 0 Å². The number of aliphatic carboxylic acids is 1. The Morgan fingerprint density at radius 3 is 2.71 bits per heavy atom. The smallest absolute Gasteiger partial charge is 0.312 e. The molecule has 3 aliphatic rings. The normalized spacial score (nSPS) is 32.3. The van der Waals surface area contributed by atoms with E-state index in [1.807, 2.05) is 0 Å². The summed E-state index contributed by atoms with van der Waals surface area (Å²) in [5.41, 5.74) is -0.632. The lowest BCUT2D eigenvalue weighted by molar-refractivity contribution is -0.149. The molecular formula is C17H26N4O3. The van der Waals surface area contributed by atoms with Crippen molar-refractivity contribution in [1.29, 1.82) is 0 Å². The van der Waals surface area contributed by atoms with Crippen molar-refractivity contribution in [3.63, 3.8) is 0 Å². The Morgan fingerprint density at radius 1 is 1.29 bits per heavy atom. The monoisotopic (exact) mass is 334 g/mol. The lowest BCUT2D eigenvalue weighted by Gasteiger charge is -2.33. The molecule has 24 heavy (non-hydrogen) atoms. The summed E-state index contributed by atoms with van der Waals surface area (Å²) in [5.74, 6) is 0.758. The van der Waals surface area contributed by atoms with Gasteiger partial charge in [0.15, 0.2) is 5.82 Å². The highest BCUT2D eigenvalue weighted by atomic mass is 16.5. The van der Waals surface area contributed by atoms with Crippen molar-refractivity contribution in [2.45, 2.75) is 51.6 Å². The molecule has 2 saturated heterocycles. The Hall–Kier alpha value is -1.47. The summed E-state index contributed by atoms with van der Waals surface area (Å²) in [6, 6.07) is 0.590. The molecule has 0 amide bonds. The van der Waals surface area contributed by atoms with Crippen LogP contribution in [0.5, 0.6) is 0 Å². The van der Waals surface area contributed by atoms with Crippen molar-refractivity contribution in [3.8, 4) is 0 Å². The summed E-state index contributed by atoms with van der Waals surface area (Å²) in [4.78, 5) is 21.0. The molecule has 1 saturated carbocycles. The van der Waals surface area contributed by atoms with E-state index in [1.54, 1.807) is 6.92 Å². The first-order valence-electron chi connectivity index (χ1n) is 9.06. The molecule has 3 heterocycles. The molecule has 0 radical (unpaired) electrons. The molecule has 1 N–H and O–H groups in total. The van der Waals surface area contributed by atoms with Gasteiger partial charge in [-0.1, -0.05) is 24.4 Å². The van der Waals surface area contributed by atoms with Gasteiger partial charge in [0, 0.05) is 38.1 Å².